The van der Waals surface area contributed by atoms with Crippen LogP contribution >= 0.6 is 11.6 Å². The molecule has 0 unspecified atom stereocenters. The second kappa shape index (κ2) is 5.55. The Hall–Kier alpha value is -0.730. The minimum atomic E-state index is 0.279. The van der Waals surface area contributed by atoms with Gasteiger partial charge in [0.2, 0.25) is 0 Å². The minimum Gasteiger partial charge on any atom is -0.493 e. The van der Waals surface area contributed by atoms with Crippen molar-refractivity contribution in [1.29, 1.82) is 0 Å². The molecule has 0 aromatic heterocycles. The lowest BCUT2D eigenvalue weighted by atomic mass is 9.93. The van der Waals surface area contributed by atoms with Crippen molar-refractivity contribution in [1.82, 2.24) is 0 Å². The van der Waals surface area contributed by atoms with Gasteiger partial charge in [0, 0.05) is 17.1 Å². The molecule has 3 heteroatoms. The van der Waals surface area contributed by atoms with Gasteiger partial charge in [0.15, 0.2) is 0 Å². The molecule has 0 fully saturated rings. The summed E-state index contributed by atoms with van der Waals surface area (Å²) in [5.41, 5.74) is 6.91. The number of rotatable bonds is 4. The third kappa shape index (κ3) is 4.42. The van der Waals surface area contributed by atoms with E-state index in [4.69, 9.17) is 22.1 Å². The first-order valence-electron chi connectivity index (χ1n) is 5.54. The maximum atomic E-state index is 5.92. The summed E-state index contributed by atoms with van der Waals surface area (Å²) in [5.74, 6) is 0.805. The van der Waals surface area contributed by atoms with E-state index < -0.39 is 0 Å². The van der Waals surface area contributed by atoms with Crippen LogP contribution in [0.5, 0.6) is 5.75 Å². The number of nitrogens with two attached hydrogens (primary N) is 1. The quantitative estimate of drug-likeness (QED) is 0.874. The average Bonchev–Trinajstić information content (AvgIpc) is 2.16. The summed E-state index contributed by atoms with van der Waals surface area (Å²) in [4.78, 5) is 0. The Kier molecular flexibility index (Phi) is 4.63. The largest absolute Gasteiger partial charge is 0.493 e. The van der Waals surface area contributed by atoms with E-state index in [2.05, 4.69) is 20.8 Å². The van der Waals surface area contributed by atoms with E-state index in [1.165, 1.54) is 0 Å². The smallest absolute Gasteiger partial charge is 0.125 e. The Morgan fingerprint density at radius 3 is 2.56 bits per heavy atom. The highest BCUT2D eigenvalue weighted by Gasteiger charge is 2.11. The molecule has 0 aliphatic heterocycles. The lowest BCUT2D eigenvalue weighted by molar-refractivity contribution is 0.241. The van der Waals surface area contributed by atoms with Gasteiger partial charge in [-0.1, -0.05) is 38.4 Å². The predicted molar refractivity (Wildman–Crippen MR) is 68.9 cm³/mol. The monoisotopic (exact) mass is 241 g/mol. The van der Waals surface area contributed by atoms with E-state index in [1.807, 2.05) is 18.2 Å². The van der Waals surface area contributed by atoms with Crippen molar-refractivity contribution >= 4 is 11.6 Å². The van der Waals surface area contributed by atoms with Crippen molar-refractivity contribution < 1.29 is 4.74 Å². The van der Waals surface area contributed by atoms with Gasteiger partial charge >= 0.3 is 0 Å². The van der Waals surface area contributed by atoms with Crippen LogP contribution in [0.25, 0.3) is 0 Å². The molecule has 0 spiro atoms. The first-order chi connectivity index (χ1) is 7.42. The fraction of sp³-hybridized carbons (Fsp3) is 0.538. The van der Waals surface area contributed by atoms with Gasteiger partial charge in [0.1, 0.15) is 5.75 Å². The normalized spacial score (nSPS) is 11.6. The zero-order valence-electron chi connectivity index (χ0n) is 10.2. The van der Waals surface area contributed by atoms with Gasteiger partial charge in [0.25, 0.3) is 0 Å². The summed E-state index contributed by atoms with van der Waals surface area (Å²) in [6, 6.07) is 5.57. The second-order valence-corrected chi connectivity index (χ2v) is 5.55. The number of benzene rings is 1. The molecule has 0 atom stereocenters. The molecule has 2 nitrogen and oxygen atoms in total. The second-order valence-electron chi connectivity index (χ2n) is 5.12. The Morgan fingerprint density at radius 2 is 2.00 bits per heavy atom. The van der Waals surface area contributed by atoms with Crippen molar-refractivity contribution in [2.24, 2.45) is 11.1 Å². The molecular weight excluding hydrogens is 222 g/mol. The van der Waals surface area contributed by atoms with E-state index in [1.54, 1.807) is 0 Å². The molecule has 1 aromatic carbocycles. The van der Waals surface area contributed by atoms with E-state index in [0.717, 1.165) is 17.7 Å². The molecule has 0 radical (unpaired) electrons. The van der Waals surface area contributed by atoms with Gasteiger partial charge in [0.05, 0.1) is 6.61 Å². The first-order valence-corrected chi connectivity index (χ1v) is 5.91. The molecule has 0 aliphatic rings. The van der Waals surface area contributed by atoms with Crippen LogP contribution < -0.4 is 10.5 Å². The molecule has 0 aliphatic carbocycles. The van der Waals surface area contributed by atoms with Crippen molar-refractivity contribution in [3.8, 4) is 5.75 Å². The molecule has 1 aromatic rings. The highest BCUT2D eigenvalue weighted by Crippen LogP contribution is 2.25. The number of hydrogen-bond donors (Lipinski definition) is 1. The third-order valence-corrected chi connectivity index (χ3v) is 2.59. The van der Waals surface area contributed by atoms with Crippen LogP contribution in [0.15, 0.2) is 18.2 Å². The minimum absolute atomic E-state index is 0.279. The van der Waals surface area contributed by atoms with Gasteiger partial charge in [-0.25, -0.2) is 0 Å². The van der Waals surface area contributed by atoms with E-state index in [-0.39, 0.29) is 5.41 Å². The van der Waals surface area contributed by atoms with Gasteiger partial charge in [-0.3, -0.25) is 0 Å². The lowest BCUT2D eigenvalue weighted by Crippen LogP contribution is -2.12. The van der Waals surface area contributed by atoms with Crippen molar-refractivity contribution in [3.63, 3.8) is 0 Å². The van der Waals surface area contributed by atoms with Gasteiger partial charge < -0.3 is 10.5 Å². The summed E-state index contributed by atoms with van der Waals surface area (Å²) in [5, 5.41) is 0.683. The molecule has 1 rings (SSSR count). The van der Waals surface area contributed by atoms with Gasteiger partial charge in [-0.05, 0) is 24.0 Å². The molecule has 0 amide bonds. The molecule has 0 saturated carbocycles. The van der Waals surface area contributed by atoms with Crippen molar-refractivity contribution in [2.75, 3.05) is 6.61 Å². The Labute approximate surface area is 103 Å². The first kappa shape index (κ1) is 13.3. The number of ether oxygens (including phenoxy) is 1. The maximum absolute atomic E-state index is 5.92. The third-order valence-electron chi connectivity index (χ3n) is 2.36. The standard InChI is InChI=1S/C13H20ClNO/c1-13(2,3)6-7-16-12-8-11(14)5-4-10(12)9-15/h4-5,8H,6-7,9,15H2,1-3H3. The fourth-order valence-corrected chi connectivity index (χ4v) is 1.46. The van der Waals surface area contributed by atoms with Crippen LogP contribution in [-0.2, 0) is 6.54 Å². The maximum Gasteiger partial charge on any atom is 0.125 e. The van der Waals surface area contributed by atoms with Gasteiger partial charge in [-0.15, -0.1) is 0 Å². The summed E-state index contributed by atoms with van der Waals surface area (Å²) in [7, 11) is 0. The topological polar surface area (TPSA) is 35.2 Å². The highest BCUT2D eigenvalue weighted by atomic mass is 35.5. The summed E-state index contributed by atoms with van der Waals surface area (Å²) in [6.07, 6.45) is 1.00. The molecule has 90 valence electrons. The number of hydrogen-bond acceptors (Lipinski definition) is 2. The summed E-state index contributed by atoms with van der Waals surface area (Å²) >= 11 is 5.92. The van der Waals surface area contributed by atoms with Crippen LogP contribution in [-0.4, -0.2) is 6.61 Å². The van der Waals surface area contributed by atoms with Crippen LogP contribution in [0, 0.1) is 5.41 Å². The Bertz CT molecular complexity index is 344. The highest BCUT2D eigenvalue weighted by molar-refractivity contribution is 6.30. The van der Waals surface area contributed by atoms with Crippen LogP contribution in [0.1, 0.15) is 32.8 Å². The zero-order valence-corrected chi connectivity index (χ0v) is 11.0. The molecule has 0 bridgehead atoms. The van der Waals surface area contributed by atoms with E-state index >= 15 is 0 Å². The van der Waals surface area contributed by atoms with Gasteiger partial charge in [-0.2, -0.15) is 0 Å². The summed E-state index contributed by atoms with van der Waals surface area (Å²) < 4.78 is 5.72. The van der Waals surface area contributed by atoms with Crippen LogP contribution in [0.4, 0.5) is 0 Å². The van der Waals surface area contributed by atoms with Crippen molar-refractivity contribution in [3.05, 3.63) is 28.8 Å². The Morgan fingerprint density at radius 1 is 1.31 bits per heavy atom. The lowest BCUT2D eigenvalue weighted by Gasteiger charge is -2.19. The Balaban J connectivity index is 2.62. The average molecular weight is 242 g/mol. The van der Waals surface area contributed by atoms with Crippen LogP contribution in [0.3, 0.4) is 0 Å². The van der Waals surface area contributed by atoms with E-state index in [9.17, 15) is 0 Å². The zero-order chi connectivity index (χ0) is 12.2. The molecule has 2 N–H and O–H groups in total. The fourth-order valence-electron chi connectivity index (χ4n) is 1.30. The molecule has 16 heavy (non-hydrogen) atoms. The predicted octanol–water partition coefficient (Wildman–Crippen LogP) is 3.61. The van der Waals surface area contributed by atoms with E-state index in [0.29, 0.717) is 18.2 Å². The SMILES string of the molecule is CC(C)(C)CCOc1cc(Cl)ccc1CN. The number of halogens is 1. The molecule has 0 heterocycles. The van der Waals surface area contributed by atoms with Crippen LogP contribution in [0.2, 0.25) is 5.02 Å². The summed E-state index contributed by atoms with van der Waals surface area (Å²) in [6.45, 7) is 7.74. The van der Waals surface area contributed by atoms with Crippen molar-refractivity contribution in [2.45, 2.75) is 33.7 Å². The molecule has 0 saturated heterocycles. The molecular formula is C13H20ClNO.